The highest BCUT2D eigenvalue weighted by Gasteiger charge is 2.31. The van der Waals surface area contributed by atoms with Gasteiger partial charge in [-0.1, -0.05) is 32.1 Å². The first-order valence-electron chi connectivity index (χ1n) is 10.5. The number of nitrogens with zero attached hydrogens (tertiary/aromatic N) is 1. The Hall–Kier alpha value is -0.760. The van der Waals surface area contributed by atoms with Gasteiger partial charge in [0.05, 0.1) is 6.26 Å². The van der Waals surface area contributed by atoms with Crippen LogP contribution >= 0.6 is 24.0 Å². The van der Waals surface area contributed by atoms with Gasteiger partial charge in [0, 0.05) is 32.2 Å². The molecule has 154 valence electrons. The molecule has 0 atom stereocenters. The molecule has 5 nitrogen and oxygen atoms in total. The van der Waals surface area contributed by atoms with E-state index in [-0.39, 0.29) is 36.0 Å². The van der Waals surface area contributed by atoms with Gasteiger partial charge in [0.25, 0.3) is 0 Å². The molecule has 1 heterocycles. The van der Waals surface area contributed by atoms with Crippen LogP contribution < -0.4 is 10.6 Å². The molecule has 0 saturated heterocycles. The van der Waals surface area contributed by atoms with Crippen molar-refractivity contribution < 1.29 is 9.52 Å². The second-order valence-corrected chi connectivity index (χ2v) is 8.08. The van der Waals surface area contributed by atoms with Gasteiger partial charge in [-0.3, -0.25) is 4.99 Å². The highest BCUT2D eigenvalue weighted by atomic mass is 127. The summed E-state index contributed by atoms with van der Waals surface area (Å²) in [5.41, 5.74) is 0.193. The molecule has 2 saturated carbocycles. The van der Waals surface area contributed by atoms with E-state index in [1.54, 1.807) is 6.26 Å². The minimum atomic E-state index is 0. The first-order chi connectivity index (χ1) is 12.8. The van der Waals surface area contributed by atoms with E-state index in [9.17, 15) is 5.11 Å². The molecule has 3 rings (SSSR count). The van der Waals surface area contributed by atoms with Crippen molar-refractivity contribution in [3.05, 3.63) is 24.2 Å². The lowest BCUT2D eigenvalue weighted by molar-refractivity contribution is 0.137. The smallest absolute Gasteiger partial charge is 0.191 e. The molecule has 0 bridgehead atoms. The van der Waals surface area contributed by atoms with Crippen LogP contribution in [0.15, 0.2) is 27.8 Å². The van der Waals surface area contributed by atoms with Crippen molar-refractivity contribution >= 4 is 29.9 Å². The fourth-order valence-electron chi connectivity index (χ4n) is 4.45. The van der Waals surface area contributed by atoms with Gasteiger partial charge in [0.2, 0.25) is 0 Å². The first kappa shape index (κ1) is 22.5. The predicted octanol–water partition coefficient (Wildman–Crippen LogP) is 4.25. The van der Waals surface area contributed by atoms with Crippen molar-refractivity contribution in [2.24, 2.45) is 10.4 Å². The topological polar surface area (TPSA) is 69.8 Å². The average Bonchev–Trinajstić information content (AvgIpc) is 3.35. The number of aliphatic imine (C=N–C) groups is 1. The first-order valence-corrected chi connectivity index (χ1v) is 10.5. The number of halogens is 1. The maximum Gasteiger partial charge on any atom is 0.191 e. The summed E-state index contributed by atoms with van der Waals surface area (Å²) < 4.78 is 5.42. The Labute approximate surface area is 180 Å². The van der Waals surface area contributed by atoms with Crippen molar-refractivity contribution in [3.63, 3.8) is 0 Å². The quantitative estimate of drug-likeness (QED) is 0.290. The average molecular weight is 489 g/mol. The summed E-state index contributed by atoms with van der Waals surface area (Å²) in [5, 5.41) is 16.7. The monoisotopic (exact) mass is 489 g/mol. The van der Waals surface area contributed by atoms with E-state index < -0.39 is 0 Å². The molecule has 0 amide bonds. The van der Waals surface area contributed by atoms with Crippen LogP contribution in [0.3, 0.4) is 0 Å². The number of guanidine groups is 1. The van der Waals surface area contributed by atoms with E-state index in [2.05, 4.69) is 10.6 Å². The summed E-state index contributed by atoms with van der Waals surface area (Å²) in [6, 6.07) is 4.49. The molecular weight excluding hydrogens is 453 g/mol. The van der Waals surface area contributed by atoms with Crippen molar-refractivity contribution in [1.82, 2.24) is 10.6 Å². The van der Waals surface area contributed by atoms with Crippen molar-refractivity contribution in [2.45, 2.75) is 76.7 Å². The van der Waals surface area contributed by atoms with Crippen LogP contribution in [0.1, 0.15) is 70.0 Å². The highest BCUT2D eigenvalue weighted by molar-refractivity contribution is 14.0. The summed E-state index contributed by atoms with van der Waals surface area (Å²) in [7, 11) is 0. The van der Waals surface area contributed by atoms with E-state index in [4.69, 9.17) is 9.41 Å². The lowest BCUT2D eigenvalue weighted by Gasteiger charge is -2.36. The molecule has 0 aromatic carbocycles. The Balaban J connectivity index is 0.00000261. The predicted molar refractivity (Wildman–Crippen MR) is 121 cm³/mol. The van der Waals surface area contributed by atoms with Gasteiger partial charge >= 0.3 is 0 Å². The Morgan fingerprint density at radius 2 is 1.96 bits per heavy atom. The lowest BCUT2D eigenvalue weighted by atomic mass is 9.72. The zero-order chi connectivity index (χ0) is 18.1. The van der Waals surface area contributed by atoms with E-state index in [0.717, 1.165) is 37.7 Å². The summed E-state index contributed by atoms with van der Waals surface area (Å²) in [6.07, 6.45) is 14.8. The molecule has 1 aromatic rings. The number of rotatable bonds is 8. The number of hydrogen-bond donors (Lipinski definition) is 3. The molecule has 0 spiro atoms. The largest absolute Gasteiger partial charge is 0.469 e. The Morgan fingerprint density at radius 3 is 2.63 bits per heavy atom. The highest BCUT2D eigenvalue weighted by Crippen LogP contribution is 2.39. The SMILES string of the molecule is I.OCCC1(CN=C(NCCc2ccco2)NC2CCCC2)CCCCC1. The third-order valence-electron chi connectivity index (χ3n) is 6.07. The minimum Gasteiger partial charge on any atom is -0.469 e. The van der Waals surface area contributed by atoms with Gasteiger partial charge in [0.1, 0.15) is 5.76 Å². The molecule has 3 N–H and O–H groups in total. The summed E-state index contributed by atoms with van der Waals surface area (Å²) in [6.45, 7) is 1.91. The number of hydrogen-bond acceptors (Lipinski definition) is 3. The van der Waals surface area contributed by atoms with Gasteiger partial charge in [-0.15, -0.1) is 24.0 Å². The van der Waals surface area contributed by atoms with Gasteiger partial charge in [-0.25, -0.2) is 0 Å². The second kappa shape index (κ2) is 11.9. The molecule has 1 aromatic heterocycles. The third-order valence-corrected chi connectivity index (χ3v) is 6.07. The fraction of sp³-hybridized carbons (Fsp3) is 0.762. The fourth-order valence-corrected chi connectivity index (χ4v) is 4.45. The number of aliphatic hydroxyl groups excluding tert-OH is 1. The zero-order valence-corrected chi connectivity index (χ0v) is 18.8. The molecule has 0 unspecified atom stereocenters. The van der Waals surface area contributed by atoms with Crippen LogP contribution in [-0.2, 0) is 6.42 Å². The molecule has 0 radical (unpaired) electrons. The van der Waals surface area contributed by atoms with Crippen LogP contribution in [-0.4, -0.2) is 36.8 Å². The number of aliphatic hydroxyl groups is 1. The molecule has 27 heavy (non-hydrogen) atoms. The maximum absolute atomic E-state index is 9.54. The third kappa shape index (κ3) is 7.29. The van der Waals surface area contributed by atoms with Crippen LogP contribution in [0, 0.1) is 5.41 Å². The molecule has 2 aliphatic rings. The van der Waals surface area contributed by atoms with Crippen molar-refractivity contribution in [3.8, 4) is 0 Å². The molecule has 6 heteroatoms. The maximum atomic E-state index is 9.54. The number of nitrogens with one attached hydrogen (secondary N) is 2. The normalized spacial score (nSPS) is 20.3. The molecule has 2 fully saturated rings. The molecule has 2 aliphatic carbocycles. The molecule has 0 aliphatic heterocycles. The van der Waals surface area contributed by atoms with Crippen molar-refractivity contribution in [2.75, 3.05) is 19.7 Å². The standard InChI is InChI=1S/C21H35N3O2.HI/c25-15-13-21(11-4-1-5-12-21)17-23-20(24-18-7-2-3-8-18)22-14-10-19-9-6-16-26-19;/h6,9,16,18,25H,1-5,7-8,10-15,17H2,(H2,22,23,24);1H. The summed E-state index contributed by atoms with van der Waals surface area (Å²) in [5.74, 6) is 1.94. The Morgan fingerprint density at radius 1 is 1.19 bits per heavy atom. The minimum absolute atomic E-state index is 0. The molecular formula is C21H36IN3O2. The zero-order valence-electron chi connectivity index (χ0n) is 16.4. The van der Waals surface area contributed by atoms with Gasteiger partial charge in [-0.05, 0) is 49.7 Å². The Kier molecular flexibility index (Phi) is 9.96. The Bertz CT molecular complexity index is 530. The van der Waals surface area contributed by atoms with Crippen LogP contribution in [0.4, 0.5) is 0 Å². The number of furan rings is 1. The van der Waals surface area contributed by atoms with Gasteiger partial charge in [0.15, 0.2) is 5.96 Å². The van der Waals surface area contributed by atoms with Crippen LogP contribution in [0.5, 0.6) is 0 Å². The van der Waals surface area contributed by atoms with E-state index in [1.165, 1.54) is 57.8 Å². The van der Waals surface area contributed by atoms with Crippen LogP contribution in [0.2, 0.25) is 0 Å². The van der Waals surface area contributed by atoms with E-state index >= 15 is 0 Å². The lowest BCUT2D eigenvalue weighted by Crippen LogP contribution is -2.44. The van der Waals surface area contributed by atoms with E-state index in [1.807, 2.05) is 12.1 Å². The summed E-state index contributed by atoms with van der Waals surface area (Å²) >= 11 is 0. The van der Waals surface area contributed by atoms with Gasteiger partial charge in [-0.2, -0.15) is 0 Å². The van der Waals surface area contributed by atoms with E-state index in [0.29, 0.717) is 6.04 Å². The second-order valence-electron chi connectivity index (χ2n) is 8.08. The van der Waals surface area contributed by atoms with Gasteiger partial charge < -0.3 is 20.2 Å². The van der Waals surface area contributed by atoms with Crippen molar-refractivity contribution in [1.29, 1.82) is 0 Å². The summed E-state index contributed by atoms with van der Waals surface area (Å²) in [4.78, 5) is 4.97. The van der Waals surface area contributed by atoms with Crippen LogP contribution in [0.25, 0.3) is 0 Å².